The van der Waals surface area contributed by atoms with Gasteiger partial charge >= 0.3 is 6.18 Å². The lowest BCUT2D eigenvalue weighted by Crippen LogP contribution is -2.49. The molecule has 6 heteroatoms. The molecule has 2 heterocycles. The Labute approximate surface area is 127 Å². The highest BCUT2D eigenvalue weighted by Crippen LogP contribution is 2.39. The summed E-state index contributed by atoms with van der Waals surface area (Å²) < 4.78 is 37.1. The zero-order valence-corrected chi connectivity index (χ0v) is 12.6. The van der Waals surface area contributed by atoms with Gasteiger partial charge in [-0.05, 0) is 11.6 Å². The molecule has 2 aliphatic rings. The van der Waals surface area contributed by atoms with Gasteiger partial charge in [0.05, 0.1) is 6.54 Å². The van der Waals surface area contributed by atoms with Crippen molar-refractivity contribution in [3.63, 3.8) is 0 Å². The van der Waals surface area contributed by atoms with Crippen molar-refractivity contribution in [3.05, 3.63) is 29.8 Å². The molecule has 1 aromatic carbocycles. The molecular formula is C15H19F3N2S. The number of thioether (sulfide) groups is 1. The molecule has 0 saturated carbocycles. The Morgan fingerprint density at radius 3 is 2.43 bits per heavy atom. The first kappa shape index (κ1) is 15.2. The van der Waals surface area contributed by atoms with Gasteiger partial charge in [0.25, 0.3) is 0 Å². The molecule has 0 radical (unpaired) electrons. The van der Waals surface area contributed by atoms with Crippen molar-refractivity contribution in [1.82, 2.24) is 9.80 Å². The van der Waals surface area contributed by atoms with Crippen molar-refractivity contribution in [2.75, 3.05) is 45.0 Å². The van der Waals surface area contributed by atoms with Crippen LogP contribution < -0.4 is 0 Å². The van der Waals surface area contributed by atoms with E-state index < -0.39 is 12.7 Å². The summed E-state index contributed by atoms with van der Waals surface area (Å²) in [6.07, 6.45) is -4.08. The third-order valence-corrected chi connectivity index (χ3v) is 5.40. The molecule has 2 nitrogen and oxygen atoms in total. The van der Waals surface area contributed by atoms with Crippen LogP contribution in [0, 0.1) is 0 Å². The zero-order chi connectivity index (χ0) is 14.9. The van der Waals surface area contributed by atoms with E-state index in [0.29, 0.717) is 19.0 Å². The topological polar surface area (TPSA) is 6.48 Å². The normalized spacial score (nSPS) is 24.2. The molecule has 0 bridgehead atoms. The average Bonchev–Trinajstić information content (AvgIpc) is 2.83. The van der Waals surface area contributed by atoms with E-state index in [0.717, 1.165) is 25.4 Å². The van der Waals surface area contributed by atoms with Crippen molar-refractivity contribution in [2.45, 2.75) is 17.0 Å². The van der Waals surface area contributed by atoms with Crippen LogP contribution in [0.2, 0.25) is 0 Å². The Hall–Kier alpha value is -0.720. The van der Waals surface area contributed by atoms with Crippen molar-refractivity contribution in [3.8, 4) is 0 Å². The van der Waals surface area contributed by atoms with Crippen LogP contribution in [0.4, 0.5) is 13.2 Å². The molecule has 1 fully saturated rings. The Morgan fingerprint density at radius 2 is 1.71 bits per heavy atom. The molecule has 21 heavy (non-hydrogen) atoms. The average molecular weight is 316 g/mol. The van der Waals surface area contributed by atoms with E-state index in [4.69, 9.17) is 0 Å². The van der Waals surface area contributed by atoms with Crippen molar-refractivity contribution in [1.29, 1.82) is 0 Å². The van der Waals surface area contributed by atoms with Crippen molar-refractivity contribution >= 4 is 11.8 Å². The first-order chi connectivity index (χ1) is 10.0. The summed E-state index contributed by atoms with van der Waals surface area (Å²) in [5.74, 6) is 1.60. The summed E-state index contributed by atoms with van der Waals surface area (Å²) in [7, 11) is 0. The third kappa shape index (κ3) is 3.93. The van der Waals surface area contributed by atoms with Gasteiger partial charge in [0.1, 0.15) is 0 Å². The highest BCUT2D eigenvalue weighted by molar-refractivity contribution is 7.99. The number of benzene rings is 1. The predicted octanol–water partition coefficient (Wildman–Crippen LogP) is 3.06. The Bertz CT molecular complexity index is 484. The molecule has 0 spiro atoms. The molecule has 0 aliphatic carbocycles. The van der Waals surface area contributed by atoms with Crippen LogP contribution in [-0.2, 0) is 0 Å². The second-order valence-corrected chi connectivity index (χ2v) is 6.80. The number of alkyl halides is 3. The quantitative estimate of drug-likeness (QED) is 0.846. The number of hydrogen-bond donors (Lipinski definition) is 0. The van der Waals surface area contributed by atoms with Crippen molar-refractivity contribution in [2.24, 2.45) is 0 Å². The monoisotopic (exact) mass is 316 g/mol. The standard InChI is InChI=1S/C15H19F3N2S/c16-15(17,18)11-20-7-5-19(6-8-20)9-12-10-21-14-4-2-1-3-13(12)14/h1-4,12H,5-11H2. The van der Waals surface area contributed by atoms with E-state index in [1.54, 1.807) is 0 Å². The van der Waals surface area contributed by atoms with Crippen LogP contribution in [0.15, 0.2) is 29.2 Å². The summed E-state index contributed by atoms with van der Waals surface area (Å²) in [5.41, 5.74) is 1.40. The number of rotatable bonds is 3. The number of piperazine rings is 1. The second kappa shape index (κ2) is 6.18. The Balaban J connectivity index is 1.50. The maximum Gasteiger partial charge on any atom is 0.401 e. The smallest absolute Gasteiger partial charge is 0.300 e. The van der Waals surface area contributed by atoms with Crippen molar-refractivity contribution < 1.29 is 13.2 Å². The predicted molar refractivity (Wildman–Crippen MR) is 78.8 cm³/mol. The number of hydrogen-bond acceptors (Lipinski definition) is 3. The Morgan fingerprint density at radius 1 is 1.05 bits per heavy atom. The Kier molecular flexibility index (Phi) is 4.47. The lowest BCUT2D eigenvalue weighted by Gasteiger charge is -2.36. The van der Waals surface area contributed by atoms with Gasteiger partial charge in [0.15, 0.2) is 0 Å². The molecule has 3 rings (SSSR count). The fourth-order valence-corrected chi connectivity index (χ4v) is 4.32. The summed E-state index contributed by atoms with van der Waals surface area (Å²) in [4.78, 5) is 5.17. The van der Waals surface area contributed by atoms with Crippen LogP contribution in [0.3, 0.4) is 0 Å². The molecule has 0 N–H and O–H groups in total. The minimum Gasteiger partial charge on any atom is -0.300 e. The van der Waals surface area contributed by atoms with Gasteiger partial charge < -0.3 is 4.90 Å². The molecule has 2 aliphatic heterocycles. The van der Waals surface area contributed by atoms with Crippen LogP contribution in [-0.4, -0.2) is 61.0 Å². The second-order valence-electron chi connectivity index (χ2n) is 5.74. The maximum atomic E-state index is 12.4. The lowest BCUT2D eigenvalue weighted by atomic mass is 10.0. The van der Waals surface area contributed by atoms with Gasteiger partial charge in [0.2, 0.25) is 0 Å². The molecule has 1 atom stereocenters. The van der Waals surface area contributed by atoms with Gasteiger partial charge in [-0.1, -0.05) is 18.2 Å². The minimum absolute atomic E-state index is 0.514. The first-order valence-corrected chi connectivity index (χ1v) is 8.23. The van der Waals surface area contributed by atoms with Crippen LogP contribution >= 0.6 is 11.8 Å². The van der Waals surface area contributed by atoms with E-state index in [9.17, 15) is 13.2 Å². The minimum atomic E-state index is -4.08. The fourth-order valence-electron chi connectivity index (χ4n) is 3.08. The fraction of sp³-hybridized carbons (Fsp3) is 0.600. The van der Waals surface area contributed by atoms with Gasteiger partial charge in [0, 0.05) is 49.3 Å². The van der Waals surface area contributed by atoms with E-state index in [2.05, 4.69) is 29.2 Å². The number of nitrogens with zero attached hydrogens (tertiary/aromatic N) is 2. The maximum absolute atomic E-state index is 12.4. The SMILES string of the molecule is FC(F)(F)CN1CCN(CC2CSc3ccccc32)CC1. The largest absolute Gasteiger partial charge is 0.401 e. The first-order valence-electron chi connectivity index (χ1n) is 7.24. The van der Waals surface area contributed by atoms with Crippen LogP contribution in [0.1, 0.15) is 11.5 Å². The third-order valence-electron chi connectivity index (χ3n) is 4.15. The van der Waals surface area contributed by atoms with E-state index in [1.165, 1.54) is 15.4 Å². The van der Waals surface area contributed by atoms with Gasteiger partial charge in [-0.2, -0.15) is 13.2 Å². The highest BCUT2D eigenvalue weighted by atomic mass is 32.2. The molecule has 1 saturated heterocycles. The summed E-state index contributed by atoms with van der Waals surface area (Å²) in [5, 5.41) is 0. The highest BCUT2D eigenvalue weighted by Gasteiger charge is 2.33. The van der Waals surface area contributed by atoms with E-state index in [1.807, 2.05) is 11.8 Å². The number of halogens is 3. The van der Waals surface area contributed by atoms with Gasteiger partial charge in [-0.3, -0.25) is 4.90 Å². The molecule has 0 amide bonds. The molecule has 0 aromatic heterocycles. The van der Waals surface area contributed by atoms with Crippen LogP contribution in [0.25, 0.3) is 0 Å². The molecule has 1 aromatic rings. The summed E-state index contributed by atoms with van der Waals surface area (Å²) >= 11 is 1.89. The lowest BCUT2D eigenvalue weighted by molar-refractivity contribution is -0.149. The van der Waals surface area contributed by atoms with Crippen LogP contribution in [0.5, 0.6) is 0 Å². The number of fused-ring (bicyclic) bond motifs is 1. The van der Waals surface area contributed by atoms with E-state index in [-0.39, 0.29) is 0 Å². The summed E-state index contributed by atoms with van der Waals surface area (Å²) in [6.45, 7) is 2.69. The van der Waals surface area contributed by atoms with Gasteiger partial charge in [-0.15, -0.1) is 11.8 Å². The molecule has 116 valence electrons. The van der Waals surface area contributed by atoms with Gasteiger partial charge in [-0.25, -0.2) is 0 Å². The molecule has 1 unspecified atom stereocenters. The zero-order valence-electron chi connectivity index (χ0n) is 11.8. The molecular weight excluding hydrogens is 297 g/mol. The summed E-state index contributed by atoms with van der Waals surface area (Å²) in [6, 6.07) is 8.46. The van der Waals surface area contributed by atoms with E-state index >= 15 is 0 Å².